The second-order valence-corrected chi connectivity index (χ2v) is 7.40. The Morgan fingerprint density at radius 1 is 1.06 bits per heavy atom. The first kappa shape index (κ1) is 19.2. The number of para-hydroxylation sites is 1. The number of rotatable bonds is 4. The molecule has 158 valence electrons. The van der Waals surface area contributed by atoms with Gasteiger partial charge in [0.1, 0.15) is 17.3 Å². The average molecular weight is 423 g/mol. The Hall–Kier alpha value is -3.75. The molecular formula is C22H19F2N5O2. The molecule has 31 heavy (non-hydrogen) atoms. The van der Waals surface area contributed by atoms with E-state index in [1.807, 2.05) is 35.2 Å². The van der Waals surface area contributed by atoms with Crippen LogP contribution in [0.3, 0.4) is 0 Å². The molecule has 1 aliphatic rings. The van der Waals surface area contributed by atoms with E-state index in [2.05, 4.69) is 15.1 Å². The minimum atomic E-state index is -0.715. The lowest BCUT2D eigenvalue weighted by Crippen LogP contribution is -2.40. The van der Waals surface area contributed by atoms with E-state index in [0.29, 0.717) is 42.9 Å². The van der Waals surface area contributed by atoms with E-state index >= 15 is 0 Å². The molecule has 1 fully saturated rings. The van der Waals surface area contributed by atoms with Crippen LogP contribution in [-0.4, -0.2) is 38.9 Å². The van der Waals surface area contributed by atoms with E-state index in [1.54, 1.807) is 4.68 Å². The van der Waals surface area contributed by atoms with Crippen LogP contribution >= 0.6 is 0 Å². The molecule has 0 spiro atoms. The smallest absolute Gasteiger partial charge is 0.263 e. The van der Waals surface area contributed by atoms with Gasteiger partial charge in [0.2, 0.25) is 5.95 Å². The van der Waals surface area contributed by atoms with Crippen LogP contribution in [0.1, 0.15) is 12.8 Å². The standard InChI is InChI=1S/C22H19F2N5O2/c23-14-6-7-19(18(24)12-14)31-16-8-10-28(11-9-16)22-26-20-17(21(30)27-22)13-25-29(20)15-4-2-1-3-5-15/h1-7,12-13,16H,8-11H2,(H,26,27,30). The fourth-order valence-corrected chi connectivity index (χ4v) is 3.75. The summed E-state index contributed by atoms with van der Waals surface area (Å²) in [5, 5.41) is 4.73. The SMILES string of the molecule is O=c1[nH]c(N2CCC(Oc3ccc(F)cc3F)CC2)nc2c1cnn2-c1ccccc1. The van der Waals surface area contributed by atoms with Crippen molar-refractivity contribution < 1.29 is 13.5 Å². The van der Waals surface area contributed by atoms with Gasteiger partial charge >= 0.3 is 0 Å². The molecule has 1 saturated heterocycles. The van der Waals surface area contributed by atoms with Crippen LogP contribution in [-0.2, 0) is 0 Å². The molecule has 1 N–H and O–H groups in total. The van der Waals surface area contributed by atoms with E-state index in [0.717, 1.165) is 11.8 Å². The Kier molecular flexibility index (Phi) is 4.85. The lowest BCUT2D eigenvalue weighted by Gasteiger charge is -2.32. The summed E-state index contributed by atoms with van der Waals surface area (Å²) in [6.07, 6.45) is 2.52. The third-order valence-corrected chi connectivity index (χ3v) is 5.36. The molecule has 2 aromatic heterocycles. The van der Waals surface area contributed by atoms with Gasteiger partial charge in [0.15, 0.2) is 17.2 Å². The number of halogens is 2. The predicted molar refractivity (Wildman–Crippen MR) is 112 cm³/mol. The molecule has 0 saturated carbocycles. The maximum atomic E-state index is 13.9. The summed E-state index contributed by atoms with van der Waals surface area (Å²) in [6.45, 7) is 1.14. The summed E-state index contributed by atoms with van der Waals surface area (Å²) >= 11 is 0. The number of hydrogen-bond donors (Lipinski definition) is 1. The molecule has 9 heteroatoms. The molecule has 3 heterocycles. The Labute approximate surface area is 175 Å². The highest BCUT2D eigenvalue weighted by Gasteiger charge is 2.24. The van der Waals surface area contributed by atoms with Gasteiger partial charge in [-0.05, 0) is 24.3 Å². The Morgan fingerprint density at radius 2 is 1.84 bits per heavy atom. The van der Waals surface area contributed by atoms with Crippen LogP contribution in [0.15, 0.2) is 59.5 Å². The van der Waals surface area contributed by atoms with E-state index in [1.165, 1.54) is 18.3 Å². The van der Waals surface area contributed by atoms with Crippen molar-refractivity contribution in [1.29, 1.82) is 0 Å². The van der Waals surface area contributed by atoms with Crippen LogP contribution < -0.4 is 15.2 Å². The number of hydrogen-bond acceptors (Lipinski definition) is 5. The minimum Gasteiger partial charge on any atom is -0.487 e. The van der Waals surface area contributed by atoms with Crippen LogP contribution in [0, 0.1) is 11.6 Å². The lowest BCUT2D eigenvalue weighted by molar-refractivity contribution is 0.163. The first-order valence-corrected chi connectivity index (χ1v) is 9.98. The summed E-state index contributed by atoms with van der Waals surface area (Å²) in [5.41, 5.74) is 1.04. The molecule has 0 bridgehead atoms. The molecule has 0 unspecified atom stereocenters. The summed E-state index contributed by atoms with van der Waals surface area (Å²) in [4.78, 5) is 22.0. The Balaban J connectivity index is 1.35. The number of aromatic nitrogens is 4. The van der Waals surface area contributed by atoms with Crippen LogP contribution in [0.4, 0.5) is 14.7 Å². The normalized spacial score (nSPS) is 14.8. The summed E-state index contributed by atoms with van der Waals surface area (Å²) < 4.78 is 34.3. The van der Waals surface area contributed by atoms with Gasteiger partial charge in [0.05, 0.1) is 11.9 Å². The number of ether oxygens (including phenoxy) is 1. The van der Waals surface area contributed by atoms with Gasteiger partial charge in [-0.3, -0.25) is 9.78 Å². The van der Waals surface area contributed by atoms with E-state index < -0.39 is 11.6 Å². The Morgan fingerprint density at radius 3 is 2.58 bits per heavy atom. The van der Waals surface area contributed by atoms with Crippen molar-refractivity contribution in [3.63, 3.8) is 0 Å². The third-order valence-electron chi connectivity index (χ3n) is 5.36. The molecule has 0 radical (unpaired) electrons. The van der Waals surface area contributed by atoms with Gasteiger partial charge < -0.3 is 9.64 Å². The highest BCUT2D eigenvalue weighted by atomic mass is 19.1. The number of nitrogens with one attached hydrogen (secondary N) is 1. The second kappa shape index (κ2) is 7.82. The number of aromatic amines is 1. The third kappa shape index (κ3) is 3.74. The van der Waals surface area contributed by atoms with Gasteiger partial charge in [-0.25, -0.2) is 13.5 Å². The quantitative estimate of drug-likeness (QED) is 0.544. The predicted octanol–water partition coefficient (Wildman–Crippen LogP) is 3.43. The summed E-state index contributed by atoms with van der Waals surface area (Å²) in [6, 6.07) is 12.8. The maximum absolute atomic E-state index is 13.9. The van der Waals surface area contributed by atoms with Crippen molar-refractivity contribution in [2.24, 2.45) is 0 Å². The monoisotopic (exact) mass is 423 g/mol. The molecule has 0 atom stereocenters. The van der Waals surface area contributed by atoms with Crippen molar-refractivity contribution >= 4 is 17.0 Å². The van der Waals surface area contributed by atoms with Crippen LogP contribution in [0.2, 0.25) is 0 Å². The zero-order chi connectivity index (χ0) is 21.4. The molecular weight excluding hydrogens is 404 g/mol. The molecule has 4 aromatic rings. The zero-order valence-corrected chi connectivity index (χ0v) is 16.5. The first-order valence-electron chi connectivity index (χ1n) is 9.98. The highest BCUT2D eigenvalue weighted by Crippen LogP contribution is 2.24. The zero-order valence-electron chi connectivity index (χ0n) is 16.5. The van der Waals surface area contributed by atoms with Crippen molar-refractivity contribution in [1.82, 2.24) is 19.7 Å². The van der Waals surface area contributed by atoms with Gasteiger partial charge in [0, 0.05) is 32.0 Å². The van der Waals surface area contributed by atoms with E-state index in [4.69, 9.17) is 4.74 Å². The molecule has 2 aromatic carbocycles. The number of anilines is 1. The van der Waals surface area contributed by atoms with Gasteiger partial charge in [0.25, 0.3) is 5.56 Å². The Bertz CT molecular complexity index is 1280. The van der Waals surface area contributed by atoms with Gasteiger partial charge in [-0.2, -0.15) is 10.1 Å². The van der Waals surface area contributed by atoms with Crippen LogP contribution in [0.5, 0.6) is 5.75 Å². The molecule has 0 amide bonds. The minimum absolute atomic E-state index is 0.0413. The fourth-order valence-electron chi connectivity index (χ4n) is 3.75. The first-order chi connectivity index (χ1) is 15.1. The molecule has 0 aliphatic carbocycles. The number of benzene rings is 2. The second-order valence-electron chi connectivity index (χ2n) is 7.40. The van der Waals surface area contributed by atoms with Gasteiger partial charge in [-0.1, -0.05) is 18.2 Å². The number of nitrogens with zero attached hydrogens (tertiary/aromatic N) is 4. The maximum Gasteiger partial charge on any atom is 0.263 e. The average Bonchev–Trinajstić information content (AvgIpc) is 3.21. The molecule has 5 rings (SSSR count). The van der Waals surface area contributed by atoms with Crippen molar-refractivity contribution in [2.45, 2.75) is 18.9 Å². The largest absolute Gasteiger partial charge is 0.487 e. The van der Waals surface area contributed by atoms with Crippen LogP contribution in [0.25, 0.3) is 16.7 Å². The van der Waals surface area contributed by atoms with Crippen molar-refractivity contribution in [2.75, 3.05) is 18.0 Å². The summed E-state index contributed by atoms with van der Waals surface area (Å²) in [5.74, 6) is -0.853. The van der Waals surface area contributed by atoms with Crippen molar-refractivity contribution in [3.8, 4) is 11.4 Å². The molecule has 7 nitrogen and oxygen atoms in total. The molecule has 1 aliphatic heterocycles. The lowest BCUT2D eigenvalue weighted by atomic mass is 10.1. The fraction of sp³-hybridized carbons (Fsp3) is 0.227. The van der Waals surface area contributed by atoms with E-state index in [-0.39, 0.29) is 17.4 Å². The number of piperidine rings is 1. The van der Waals surface area contributed by atoms with Gasteiger partial charge in [-0.15, -0.1) is 0 Å². The van der Waals surface area contributed by atoms with E-state index in [9.17, 15) is 13.6 Å². The topological polar surface area (TPSA) is 76.0 Å². The number of H-pyrrole nitrogens is 1. The van der Waals surface area contributed by atoms with Crippen molar-refractivity contribution in [3.05, 3.63) is 76.7 Å². The number of fused-ring (bicyclic) bond motifs is 1. The summed E-state index contributed by atoms with van der Waals surface area (Å²) in [7, 11) is 0. The highest BCUT2D eigenvalue weighted by molar-refractivity contribution is 5.76.